The van der Waals surface area contributed by atoms with Crippen LogP contribution in [0.1, 0.15) is 50.9 Å². The van der Waals surface area contributed by atoms with E-state index in [2.05, 4.69) is 23.4 Å². The van der Waals surface area contributed by atoms with Crippen molar-refractivity contribution in [3.8, 4) is 0 Å². The summed E-state index contributed by atoms with van der Waals surface area (Å²) in [5.41, 5.74) is 7.53. The van der Waals surface area contributed by atoms with Crippen molar-refractivity contribution in [2.45, 2.75) is 50.8 Å². The molecule has 0 amide bonds. The van der Waals surface area contributed by atoms with E-state index in [1.54, 1.807) is 0 Å². The van der Waals surface area contributed by atoms with Gasteiger partial charge >= 0.3 is 0 Å². The van der Waals surface area contributed by atoms with Gasteiger partial charge in [0, 0.05) is 31.4 Å². The molecule has 20 heavy (non-hydrogen) atoms. The summed E-state index contributed by atoms with van der Waals surface area (Å²) in [7, 11) is 0. The van der Waals surface area contributed by atoms with Crippen LogP contribution < -0.4 is 5.73 Å². The predicted octanol–water partition coefficient (Wildman–Crippen LogP) is 2.05. The summed E-state index contributed by atoms with van der Waals surface area (Å²) in [6, 6.07) is 0.454. The first kappa shape index (κ1) is 14.0. The van der Waals surface area contributed by atoms with Crippen LogP contribution in [0, 0.1) is 5.92 Å². The van der Waals surface area contributed by atoms with Gasteiger partial charge in [-0.2, -0.15) is 0 Å². The zero-order valence-electron chi connectivity index (χ0n) is 12.4. The molecule has 0 aromatic carbocycles. The molecule has 0 bridgehead atoms. The maximum Gasteiger partial charge on any atom is 0.0951 e. The predicted molar refractivity (Wildman–Crippen MR) is 76.4 cm³/mol. The molecule has 2 aliphatic rings. The Morgan fingerprint density at radius 2 is 2.25 bits per heavy atom. The lowest BCUT2D eigenvalue weighted by molar-refractivity contribution is -0.0696. The number of aromatic nitrogens is 2. The molecule has 112 valence electrons. The summed E-state index contributed by atoms with van der Waals surface area (Å²) >= 11 is 0. The lowest BCUT2D eigenvalue weighted by Crippen LogP contribution is -2.36. The van der Waals surface area contributed by atoms with Gasteiger partial charge in [-0.15, -0.1) is 0 Å². The molecular formula is C15H25N3O2. The van der Waals surface area contributed by atoms with Gasteiger partial charge in [-0.25, -0.2) is 4.98 Å². The Morgan fingerprint density at radius 3 is 2.95 bits per heavy atom. The highest BCUT2D eigenvalue weighted by Gasteiger charge is 2.33. The van der Waals surface area contributed by atoms with Crippen LogP contribution in [0.2, 0.25) is 0 Å². The number of nitrogens with zero attached hydrogens (tertiary/aromatic N) is 2. The fraction of sp³-hybridized carbons (Fsp3) is 0.800. The van der Waals surface area contributed by atoms with Gasteiger partial charge in [-0.1, -0.05) is 0 Å². The quantitative estimate of drug-likeness (QED) is 0.920. The van der Waals surface area contributed by atoms with Crippen LogP contribution in [0.3, 0.4) is 0 Å². The van der Waals surface area contributed by atoms with E-state index >= 15 is 0 Å². The molecule has 0 saturated carbocycles. The first-order chi connectivity index (χ1) is 9.57. The van der Waals surface area contributed by atoms with Crippen LogP contribution in [0.4, 0.5) is 0 Å². The second kappa shape index (κ2) is 5.47. The van der Waals surface area contributed by atoms with E-state index < -0.39 is 0 Å². The Labute approximate surface area is 120 Å². The molecule has 5 heteroatoms. The Balaban J connectivity index is 1.79. The summed E-state index contributed by atoms with van der Waals surface area (Å²) in [5, 5.41) is 0. The van der Waals surface area contributed by atoms with E-state index in [0.717, 1.165) is 44.8 Å². The van der Waals surface area contributed by atoms with Crippen LogP contribution in [0.15, 0.2) is 12.5 Å². The van der Waals surface area contributed by atoms with Gasteiger partial charge in [0.05, 0.1) is 30.3 Å². The van der Waals surface area contributed by atoms with Crippen molar-refractivity contribution in [1.29, 1.82) is 0 Å². The lowest BCUT2D eigenvalue weighted by atomic mass is 9.92. The molecule has 2 saturated heterocycles. The summed E-state index contributed by atoms with van der Waals surface area (Å²) < 4.78 is 13.5. The average molecular weight is 279 g/mol. The molecule has 3 heterocycles. The second-order valence-corrected chi connectivity index (χ2v) is 6.63. The fourth-order valence-corrected chi connectivity index (χ4v) is 3.39. The van der Waals surface area contributed by atoms with E-state index in [-0.39, 0.29) is 11.6 Å². The third kappa shape index (κ3) is 2.75. The van der Waals surface area contributed by atoms with Gasteiger partial charge in [0.15, 0.2) is 0 Å². The highest BCUT2D eigenvalue weighted by Crippen LogP contribution is 2.35. The maximum absolute atomic E-state index is 6.45. The molecule has 3 atom stereocenters. The minimum atomic E-state index is -0.0645. The summed E-state index contributed by atoms with van der Waals surface area (Å²) in [5.74, 6) is 0.415. The molecule has 0 aliphatic carbocycles. The maximum atomic E-state index is 6.45. The third-order valence-electron chi connectivity index (χ3n) is 4.57. The molecule has 2 fully saturated rings. The lowest BCUT2D eigenvalue weighted by Gasteiger charge is -2.37. The Bertz CT molecular complexity index is 452. The third-order valence-corrected chi connectivity index (χ3v) is 4.57. The highest BCUT2D eigenvalue weighted by molar-refractivity contribution is 5.09. The Kier molecular flexibility index (Phi) is 3.84. The van der Waals surface area contributed by atoms with Crippen molar-refractivity contribution in [1.82, 2.24) is 9.55 Å². The van der Waals surface area contributed by atoms with Gasteiger partial charge in [-0.05, 0) is 33.1 Å². The van der Waals surface area contributed by atoms with Crippen molar-refractivity contribution >= 4 is 0 Å². The molecule has 2 N–H and O–H groups in total. The number of nitrogens with two attached hydrogens (primary N) is 1. The minimum absolute atomic E-state index is 0.0194. The zero-order chi connectivity index (χ0) is 14.2. The molecule has 5 nitrogen and oxygen atoms in total. The van der Waals surface area contributed by atoms with Crippen molar-refractivity contribution in [3.63, 3.8) is 0 Å². The van der Waals surface area contributed by atoms with Crippen molar-refractivity contribution in [3.05, 3.63) is 18.2 Å². The normalized spacial score (nSPS) is 31.4. The van der Waals surface area contributed by atoms with Gasteiger partial charge in [0.25, 0.3) is 0 Å². The van der Waals surface area contributed by atoms with Crippen LogP contribution in [0.25, 0.3) is 0 Å². The van der Waals surface area contributed by atoms with Crippen LogP contribution in [-0.2, 0) is 9.47 Å². The smallest absolute Gasteiger partial charge is 0.0951 e. The van der Waals surface area contributed by atoms with E-state index in [1.165, 1.54) is 0 Å². The molecule has 1 aromatic rings. The SMILES string of the molecule is CC1(C)CC(n2cncc2C(N)C2CCOC2)CCO1. The number of hydrogen-bond acceptors (Lipinski definition) is 4. The van der Waals surface area contributed by atoms with Gasteiger partial charge in [-0.3, -0.25) is 0 Å². The molecule has 3 rings (SSSR count). The number of rotatable bonds is 3. The zero-order valence-corrected chi connectivity index (χ0v) is 12.4. The Morgan fingerprint density at radius 1 is 1.40 bits per heavy atom. The van der Waals surface area contributed by atoms with Crippen LogP contribution in [-0.4, -0.2) is 35.0 Å². The molecule has 0 radical (unpaired) electrons. The van der Waals surface area contributed by atoms with E-state index in [0.29, 0.717) is 12.0 Å². The van der Waals surface area contributed by atoms with Crippen molar-refractivity contribution in [2.24, 2.45) is 11.7 Å². The van der Waals surface area contributed by atoms with E-state index in [1.807, 2.05) is 12.5 Å². The largest absolute Gasteiger partial charge is 0.381 e. The second-order valence-electron chi connectivity index (χ2n) is 6.63. The Hall–Kier alpha value is -0.910. The van der Waals surface area contributed by atoms with Crippen molar-refractivity contribution in [2.75, 3.05) is 19.8 Å². The molecule has 0 spiro atoms. The minimum Gasteiger partial charge on any atom is -0.381 e. The van der Waals surface area contributed by atoms with Crippen LogP contribution >= 0.6 is 0 Å². The van der Waals surface area contributed by atoms with E-state index in [9.17, 15) is 0 Å². The molecule has 1 aromatic heterocycles. The number of ether oxygens (including phenoxy) is 2. The van der Waals surface area contributed by atoms with Crippen molar-refractivity contribution < 1.29 is 9.47 Å². The monoisotopic (exact) mass is 279 g/mol. The average Bonchev–Trinajstić information content (AvgIpc) is 3.08. The van der Waals surface area contributed by atoms with Gasteiger partial charge in [0.2, 0.25) is 0 Å². The van der Waals surface area contributed by atoms with Gasteiger partial charge in [0.1, 0.15) is 0 Å². The summed E-state index contributed by atoms with van der Waals surface area (Å²) in [4.78, 5) is 4.34. The summed E-state index contributed by atoms with van der Waals surface area (Å²) in [6.45, 7) is 6.71. The highest BCUT2D eigenvalue weighted by atomic mass is 16.5. The molecule has 2 aliphatic heterocycles. The molecule has 3 unspecified atom stereocenters. The summed E-state index contributed by atoms with van der Waals surface area (Å²) in [6.07, 6.45) is 6.93. The first-order valence-corrected chi connectivity index (χ1v) is 7.56. The first-order valence-electron chi connectivity index (χ1n) is 7.56. The van der Waals surface area contributed by atoms with Crippen LogP contribution in [0.5, 0.6) is 0 Å². The fourth-order valence-electron chi connectivity index (χ4n) is 3.39. The molecular weight excluding hydrogens is 254 g/mol. The van der Waals surface area contributed by atoms with E-state index in [4.69, 9.17) is 15.2 Å². The van der Waals surface area contributed by atoms with Gasteiger partial charge < -0.3 is 19.8 Å². The topological polar surface area (TPSA) is 62.3 Å². The number of imidazole rings is 1. The standard InChI is InChI=1S/C15H25N3O2/c1-15(2)7-12(4-6-20-15)18-10-17-8-13(18)14(16)11-3-5-19-9-11/h8,10-12,14H,3-7,9,16H2,1-2H3. The number of hydrogen-bond donors (Lipinski definition) is 1.